The number of rotatable bonds is 3. The van der Waals surface area contributed by atoms with Crippen LogP contribution in [0.5, 0.6) is 5.75 Å². The number of nitrogens with two attached hydrogens (primary N) is 1. The van der Waals surface area contributed by atoms with Gasteiger partial charge in [-0.3, -0.25) is 0 Å². The van der Waals surface area contributed by atoms with Crippen LogP contribution in [0.15, 0.2) is 30.6 Å². The Labute approximate surface area is 155 Å². The van der Waals surface area contributed by atoms with Crippen molar-refractivity contribution in [1.29, 1.82) is 0 Å². The highest BCUT2D eigenvalue weighted by molar-refractivity contribution is 6.00. The SMILES string of the molecule is COc1ccc2[nH]c(-c3nn(C4CCCNC4)c4ncnc(N)c34)cc2c1. The minimum Gasteiger partial charge on any atom is -0.497 e. The maximum atomic E-state index is 6.22. The van der Waals surface area contributed by atoms with Crippen LogP contribution in [0.2, 0.25) is 0 Å². The first-order valence-electron chi connectivity index (χ1n) is 9.11. The Balaban J connectivity index is 1.70. The lowest BCUT2D eigenvalue weighted by Gasteiger charge is -2.23. The zero-order valence-corrected chi connectivity index (χ0v) is 15.1. The van der Waals surface area contributed by atoms with Gasteiger partial charge in [-0.05, 0) is 43.7 Å². The molecule has 3 aromatic heterocycles. The summed E-state index contributed by atoms with van der Waals surface area (Å²) in [5.74, 6) is 1.26. The summed E-state index contributed by atoms with van der Waals surface area (Å²) in [6, 6.07) is 8.26. The van der Waals surface area contributed by atoms with Gasteiger partial charge in [-0.25, -0.2) is 14.6 Å². The van der Waals surface area contributed by atoms with Crippen LogP contribution in [-0.2, 0) is 0 Å². The zero-order chi connectivity index (χ0) is 18.4. The van der Waals surface area contributed by atoms with Gasteiger partial charge in [0.05, 0.1) is 24.2 Å². The number of fused-ring (bicyclic) bond motifs is 2. The number of piperidine rings is 1. The smallest absolute Gasteiger partial charge is 0.164 e. The van der Waals surface area contributed by atoms with Crippen molar-refractivity contribution in [2.75, 3.05) is 25.9 Å². The molecule has 8 heteroatoms. The van der Waals surface area contributed by atoms with Crippen LogP contribution in [-0.4, -0.2) is 44.9 Å². The molecule has 1 unspecified atom stereocenters. The molecule has 1 aromatic carbocycles. The van der Waals surface area contributed by atoms with Gasteiger partial charge in [0.15, 0.2) is 5.65 Å². The van der Waals surface area contributed by atoms with E-state index in [0.717, 1.165) is 65.0 Å². The summed E-state index contributed by atoms with van der Waals surface area (Å²) in [7, 11) is 1.67. The monoisotopic (exact) mass is 363 g/mol. The number of hydrogen-bond donors (Lipinski definition) is 3. The van der Waals surface area contributed by atoms with Crippen molar-refractivity contribution in [3.05, 3.63) is 30.6 Å². The van der Waals surface area contributed by atoms with E-state index in [2.05, 4.69) is 26.3 Å². The topological polar surface area (TPSA) is 107 Å². The van der Waals surface area contributed by atoms with Gasteiger partial charge in [-0.1, -0.05) is 0 Å². The molecule has 0 aliphatic carbocycles. The number of methoxy groups -OCH3 is 1. The van der Waals surface area contributed by atoms with Gasteiger partial charge < -0.3 is 20.8 Å². The zero-order valence-electron chi connectivity index (χ0n) is 15.1. The van der Waals surface area contributed by atoms with Gasteiger partial charge in [0.1, 0.15) is 23.6 Å². The summed E-state index contributed by atoms with van der Waals surface area (Å²) in [6.45, 7) is 1.92. The highest BCUT2D eigenvalue weighted by Gasteiger charge is 2.24. The van der Waals surface area contributed by atoms with E-state index >= 15 is 0 Å². The molecular weight excluding hydrogens is 342 g/mol. The van der Waals surface area contributed by atoms with Gasteiger partial charge >= 0.3 is 0 Å². The van der Waals surface area contributed by atoms with Gasteiger partial charge in [0.25, 0.3) is 0 Å². The summed E-state index contributed by atoms with van der Waals surface area (Å²) in [6.07, 6.45) is 3.69. The fourth-order valence-corrected chi connectivity index (χ4v) is 3.85. The van der Waals surface area contributed by atoms with Crippen LogP contribution in [0.25, 0.3) is 33.3 Å². The average molecular weight is 363 g/mol. The molecule has 27 heavy (non-hydrogen) atoms. The predicted molar refractivity (Wildman–Crippen MR) is 105 cm³/mol. The molecule has 0 bridgehead atoms. The number of anilines is 1. The summed E-state index contributed by atoms with van der Waals surface area (Å²) in [5, 5.41) is 10.2. The molecule has 1 fully saturated rings. The maximum Gasteiger partial charge on any atom is 0.164 e. The largest absolute Gasteiger partial charge is 0.497 e. The van der Waals surface area contributed by atoms with E-state index in [1.807, 2.05) is 22.9 Å². The number of nitrogens with one attached hydrogen (secondary N) is 2. The molecule has 5 rings (SSSR count). The van der Waals surface area contributed by atoms with E-state index in [4.69, 9.17) is 15.6 Å². The van der Waals surface area contributed by atoms with Crippen LogP contribution in [0, 0.1) is 0 Å². The molecule has 1 saturated heterocycles. The first-order chi connectivity index (χ1) is 13.2. The van der Waals surface area contributed by atoms with Crippen molar-refractivity contribution in [2.24, 2.45) is 0 Å². The number of aromatic amines is 1. The fourth-order valence-electron chi connectivity index (χ4n) is 3.85. The Hall–Kier alpha value is -3.13. The van der Waals surface area contributed by atoms with Gasteiger partial charge in [-0.15, -0.1) is 0 Å². The van der Waals surface area contributed by atoms with Crippen molar-refractivity contribution in [1.82, 2.24) is 30.0 Å². The Kier molecular flexibility index (Phi) is 3.71. The average Bonchev–Trinajstić information content (AvgIpc) is 3.30. The summed E-state index contributed by atoms with van der Waals surface area (Å²) in [4.78, 5) is 12.1. The molecule has 138 valence electrons. The van der Waals surface area contributed by atoms with E-state index in [1.54, 1.807) is 7.11 Å². The van der Waals surface area contributed by atoms with Crippen LogP contribution >= 0.6 is 0 Å². The maximum absolute atomic E-state index is 6.22. The number of hydrogen-bond acceptors (Lipinski definition) is 6. The number of aromatic nitrogens is 5. The number of H-pyrrole nitrogens is 1. The first-order valence-corrected chi connectivity index (χ1v) is 9.11. The van der Waals surface area contributed by atoms with Crippen molar-refractivity contribution in [3.63, 3.8) is 0 Å². The van der Waals surface area contributed by atoms with Crippen LogP contribution in [0.1, 0.15) is 18.9 Å². The van der Waals surface area contributed by atoms with Crippen LogP contribution < -0.4 is 15.8 Å². The number of nitrogen functional groups attached to an aromatic ring is 1. The molecule has 1 aliphatic rings. The Morgan fingerprint density at radius 1 is 1.26 bits per heavy atom. The fraction of sp³-hybridized carbons (Fsp3) is 0.316. The second-order valence-corrected chi connectivity index (χ2v) is 6.89. The second kappa shape index (κ2) is 6.24. The number of benzene rings is 1. The van der Waals surface area contributed by atoms with E-state index < -0.39 is 0 Å². The molecule has 0 radical (unpaired) electrons. The third-order valence-electron chi connectivity index (χ3n) is 5.22. The lowest BCUT2D eigenvalue weighted by molar-refractivity contribution is 0.354. The third kappa shape index (κ3) is 2.60. The lowest BCUT2D eigenvalue weighted by Crippen LogP contribution is -2.32. The highest BCUT2D eigenvalue weighted by atomic mass is 16.5. The van der Waals surface area contributed by atoms with Crippen molar-refractivity contribution in [2.45, 2.75) is 18.9 Å². The van der Waals surface area contributed by atoms with E-state index in [9.17, 15) is 0 Å². The molecule has 0 saturated carbocycles. The van der Waals surface area contributed by atoms with Gasteiger partial charge in [0.2, 0.25) is 0 Å². The summed E-state index contributed by atoms with van der Waals surface area (Å²) < 4.78 is 7.33. The molecule has 4 N–H and O–H groups in total. The van der Waals surface area contributed by atoms with Gasteiger partial charge in [0, 0.05) is 17.4 Å². The first kappa shape index (κ1) is 16.1. The molecule has 4 aromatic rings. The lowest BCUT2D eigenvalue weighted by atomic mass is 10.1. The normalized spacial score (nSPS) is 17.6. The second-order valence-electron chi connectivity index (χ2n) is 6.89. The number of nitrogens with zero attached hydrogens (tertiary/aromatic N) is 4. The quantitative estimate of drug-likeness (QED) is 0.516. The molecule has 1 aliphatic heterocycles. The van der Waals surface area contributed by atoms with E-state index in [0.29, 0.717) is 5.82 Å². The highest BCUT2D eigenvalue weighted by Crippen LogP contribution is 2.34. The Morgan fingerprint density at radius 3 is 3.00 bits per heavy atom. The van der Waals surface area contributed by atoms with E-state index in [-0.39, 0.29) is 6.04 Å². The number of ether oxygens (including phenoxy) is 1. The summed E-state index contributed by atoms with van der Waals surface area (Å²) in [5.41, 5.74) is 9.70. The molecule has 0 spiro atoms. The van der Waals surface area contributed by atoms with Crippen LogP contribution in [0.3, 0.4) is 0 Å². The minimum atomic E-state index is 0.258. The van der Waals surface area contributed by atoms with Gasteiger partial charge in [-0.2, -0.15) is 5.10 Å². The molecule has 8 nitrogen and oxygen atoms in total. The minimum absolute atomic E-state index is 0.258. The third-order valence-corrected chi connectivity index (χ3v) is 5.22. The van der Waals surface area contributed by atoms with Crippen molar-refractivity contribution < 1.29 is 4.74 Å². The Morgan fingerprint density at radius 2 is 2.19 bits per heavy atom. The Bertz CT molecular complexity index is 1120. The summed E-state index contributed by atoms with van der Waals surface area (Å²) >= 11 is 0. The predicted octanol–water partition coefficient (Wildman–Crippen LogP) is 2.49. The molecule has 1 atom stereocenters. The molecule has 4 heterocycles. The van der Waals surface area contributed by atoms with Crippen molar-refractivity contribution >= 4 is 27.8 Å². The van der Waals surface area contributed by atoms with E-state index in [1.165, 1.54) is 6.33 Å². The molecular formula is C19H21N7O. The standard InChI is InChI=1S/C19H21N7O/c1-27-13-4-5-14-11(7-13)8-15(24-14)17-16-18(20)22-10-23-19(16)26(25-17)12-3-2-6-21-9-12/h4-5,7-8,10,12,21,24H,2-3,6,9H2,1H3,(H2,20,22,23). The molecule has 0 amide bonds. The van der Waals surface area contributed by atoms with Crippen molar-refractivity contribution in [3.8, 4) is 17.1 Å². The van der Waals surface area contributed by atoms with Crippen LogP contribution in [0.4, 0.5) is 5.82 Å².